The van der Waals surface area contributed by atoms with Gasteiger partial charge >= 0.3 is 6.18 Å². The van der Waals surface area contributed by atoms with Crippen LogP contribution in [-0.4, -0.2) is 45.5 Å². The number of aromatic nitrogens is 3. The van der Waals surface area contributed by atoms with Crippen molar-refractivity contribution in [1.29, 1.82) is 0 Å². The van der Waals surface area contributed by atoms with Gasteiger partial charge in [0.2, 0.25) is 5.91 Å². The number of carbonyl (C=O) groups excluding carboxylic acids is 2. The highest BCUT2D eigenvalue weighted by atomic mass is 35.5. The van der Waals surface area contributed by atoms with Gasteiger partial charge in [0.05, 0.1) is 47.5 Å². The second kappa shape index (κ2) is 10.5. The lowest BCUT2D eigenvalue weighted by atomic mass is 9.96. The number of rotatable bonds is 7. The molecule has 0 saturated carbocycles. The number of nitrogens with one attached hydrogen (secondary N) is 3. The van der Waals surface area contributed by atoms with Crippen molar-refractivity contribution >= 4 is 34.8 Å². The first kappa shape index (κ1) is 25.3. The second-order valence-electron chi connectivity index (χ2n) is 8.00. The van der Waals surface area contributed by atoms with Gasteiger partial charge in [-0.3, -0.25) is 14.6 Å². The summed E-state index contributed by atoms with van der Waals surface area (Å²) in [6.07, 6.45) is 0.999. The van der Waals surface area contributed by atoms with E-state index < -0.39 is 29.1 Å². The SMILES string of the molecule is O=C(NC1(C(=O)NCc2ccc(Nc3ccc(Cl)cc3C(F)(F)F)cn2)CCOC1)c1cncnc1. The Labute approximate surface area is 208 Å². The summed E-state index contributed by atoms with van der Waals surface area (Å²) in [4.78, 5) is 37.3. The summed E-state index contributed by atoms with van der Waals surface area (Å²) in [7, 11) is 0. The summed E-state index contributed by atoms with van der Waals surface area (Å²) in [5.74, 6) is -0.963. The molecule has 1 aliphatic rings. The Morgan fingerprint density at radius 3 is 2.53 bits per heavy atom. The standard InChI is InChI=1S/C23H20ClF3N6O3/c24-15-1-4-19(18(7-15)23(25,26)27)32-17-3-2-16(30-11-17)10-31-21(35)22(5-6-36-12-22)33-20(34)14-8-28-13-29-9-14/h1-4,7-9,11,13,32H,5-6,10,12H2,(H,31,35)(H,33,34). The summed E-state index contributed by atoms with van der Waals surface area (Å²) >= 11 is 5.71. The highest BCUT2D eigenvalue weighted by Gasteiger charge is 2.43. The molecule has 1 unspecified atom stereocenters. The molecule has 1 saturated heterocycles. The fourth-order valence-corrected chi connectivity index (χ4v) is 3.74. The van der Waals surface area contributed by atoms with E-state index in [2.05, 4.69) is 30.9 Å². The van der Waals surface area contributed by atoms with Gasteiger partial charge in [-0.1, -0.05) is 11.6 Å². The third-order valence-electron chi connectivity index (χ3n) is 5.45. The number of halogens is 4. The molecule has 0 bridgehead atoms. The molecule has 13 heteroatoms. The summed E-state index contributed by atoms with van der Waals surface area (Å²) in [6, 6.07) is 6.52. The molecule has 1 fully saturated rings. The van der Waals surface area contributed by atoms with Gasteiger partial charge in [0.15, 0.2) is 0 Å². The molecule has 0 spiro atoms. The van der Waals surface area contributed by atoms with E-state index in [1.165, 1.54) is 43.1 Å². The van der Waals surface area contributed by atoms with Crippen LogP contribution < -0.4 is 16.0 Å². The van der Waals surface area contributed by atoms with Crippen LogP contribution in [-0.2, 0) is 22.3 Å². The van der Waals surface area contributed by atoms with Gasteiger partial charge < -0.3 is 20.7 Å². The van der Waals surface area contributed by atoms with Crippen molar-refractivity contribution in [3.63, 3.8) is 0 Å². The number of benzene rings is 1. The van der Waals surface area contributed by atoms with Crippen molar-refractivity contribution in [3.05, 3.63) is 77.1 Å². The molecular weight excluding hydrogens is 501 g/mol. The van der Waals surface area contributed by atoms with Crippen LogP contribution in [0.15, 0.2) is 55.2 Å². The van der Waals surface area contributed by atoms with Gasteiger partial charge in [-0.2, -0.15) is 13.2 Å². The number of amides is 2. The zero-order valence-electron chi connectivity index (χ0n) is 18.6. The maximum absolute atomic E-state index is 13.3. The monoisotopic (exact) mass is 520 g/mol. The Morgan fingerprint density at radius 2 is 1.89 bits per heavy atom. The predicted molar refractivity (Wildman–Crippen MR) is 123 cm³/mol. The van der Waals surface area contributed by atoms with Gasteiger partial charge in [0.1, 0.15) is 11.9 Å². The number of hydrogen-bond acceptors (Lipinski definition) is 7. The van der Waals surface area contributed by atoms with Crippen LogP contribution in [0.25, 0.3) is 0 Å². The van der Waals surface area contributed by atoms with Gasteiger partial charge in [-0.05, 0) is 30.3 Å². The fraction of sp³-hybridized carbons (Fsp3) is 0.261. The quantitative estimate of drug-likeness (QED) is 0.436. The molecule has 1 aliphatic heterocycles. The van der Waals surface area contributed by atoms with Crippen molar-refractivity contribution in [2.24, 2.45) is 0 Å². The number of nitrogens with zero attached hydrogens (tertiary/aromatic N) is 3. The maximum Gasteiger partial charge on any atom is 0.418 e. The Bertz CT molecular complexity index is 1240. The normalized spacial score (nSPS) is 17.4. The Balaban J connectivity index is 1.39. The minimum atomic E-state index is -4.59. The van der Waals surface area contributed by atoms with Gasteiger partial charge in [0.25, 0.3) is 5.91 Å². The first-order valence-electron chi connectivity index (χ1n) is 10.7. The zero-order chi connectivity index (χ0) is 25.8. The highest BCUT2D eigenvalue weighted by Crippen LogP contribution is 2.37. The van der Waals surface area contributed by atoms with Crippen LogP contribution in [0.1, 0.15) is 28.0 Å². The Hall–Kier alpha value is -3.77. The van der Waals surface area contributed by atoms with Crippen LogP contribution >= 0.6 is 11.6 Å². The third-order valence-corrected chi connectivity index (χ3v) is 5.69. The molecule has 0 aliphatic carbocycles. The summed E-state index contributed by atoms with van der Waals surface area (Å²) in [5, 5.41) is 8.10. The largest absolute Gasteiger partial charge is 0.418 e. The number of pyridine rings is 1. The number of anilines is 2. The smallest absolute Gasteiger partial charge is 0.378 e. The van der Waals surface area contributed by atoms with E-state index in [1.54, 1.807) is 6.07 Å². The summed E-state index contributed by atoms with van der Waals surface area (Å²) in [6.45, 7) is 0.319. The minimum absolute atomic E-state index is 0.00280. The molecule has 2 aromatic heterocycles. The maximum atomic E-state index is 13.3. The van der Waals surface area contributed by atoms with Crippen molar-refractivity contribution in [1.82, 2.24) is 25.6 Å². The van der Waals surface area contributed by atoms with Crippen LogP contribution in [0.5, 0.6) is 0 Å². The van der Waals surface area contributed by atoms with Gasteiger partial charge in [-0.25, -0.2) is 9.97 Å². The Kier molecular flexibility index (Phi) is 7.36. The molecule has 0 radical (unpaired) electrons. The third kappa shape index (κ3) is 5.89. The summed E-state index contributed by atoms with van der Waals surface area (Å²) in [5.41, 5.74) is -1.36. The van der Waals surface area contributed by atoms with E-state index >= 15 is 0 Å². The van der Waals surface area contributed by atoms with Crippen LogP contribution in [0.4, 0.5) is 24.5 Å². The minimum Gasteiger partial charge on any atom is -0.378 e. The molecule has 36 heavy (non-hydrogen) atoms. The average molecular weight is 521 g/mol. The van der Waals surface area contributed by atoms with E-state index in [1.807, 2.05) is 0 Å². The summed E-state index contributed by atoms with van der Waals surface area (Å²) < 4.78 is 45.3. The molecule has 4 rings (SSSR count). The van der Waals surface area contributed by atoms with Gasteiger partial charge in [-0.15, -0.1) is 0 Å². The molecule has 3 N–H and O–H groups in total. The lowest BCUT2D eigenvalue weighted by Gasteiger charge is -2.27. The molecule has 3 aromatic rings. The van der Waals surface area contributed by atoms with E-state index in [9.17, 15) is 22.8 Å². The lowest BCUT2D eigenvalue weighted by molar-refractivity contribution is -0.137. The predicted octanol–water partition coefficient (Wildman–Crippen LogP) is 3.49. The van der Waals surface area contributed by atoms with E-state index in [-0.39, 0.29) is 35.8 Å². The molecular formula is C23H20ClF3N6O3. The number of hydrogen-bond donors (Lipinski definition) is 3. The van der Waals surface area contributed by atoms with Crippen LogP contribution in [0, 0.1) is 0 Å². The van der Waals surface area contributed by atoms with Crippen LogP contribution in [0.3, 0.4) is 0 Å². The van der Waals surface area contributed by atoms with E-state index in [0.717, 1.165) is 6.07 Å². The number of alkyl halides is 3. The van der Waals surface area contributed by atoms with E-state index in [4.69, 9.17) is 16.3 Å². The van der Waals surface area contributed by atoms with Crippen molar-refractivity contribution in [3.8, 4) is 0 Å². The molecule has 2 amide bonds. The Morgan fingerprint density at radius 1 is 1.11 bits per heavy atom. The highest BCUT2D eigenvalue weighted by molar-refractivity contribution is 6.30. The van der Waals surface area contributed by atoms with Gasteiger partial charge in [0, 0.05) is 30.4 Å². The van der Waals surface area contributed by atoms with Crippen LogP contribution in [0.2, 0.25) is 5.02 Å². The molecule has 1 aromatic carbocycles. The molecule has 188 valence electrons. The molecule has 3 heterocycles. The zero-order valence-corrected chi connectivity index (χ0v) is 19.4. The lowest BCUT2D eigenvalue weighted by Crippen LogP contribution is -2.59. The first-order chi connectivity index (χ1) is 17.2. The number of ether oxygens (including phenoxy) is 1. The first-order valence-corrected chi connectivity index (χ1v) is 11.1. The molecule has 1 atom stereocenters. The average Bonchev–Trinajstić information content (AvgIpc) is 3.34. The van der Waals surface area contributed by atoms with E-state index in [0.29, 0.717) is 18.0 Å². The fourth-order valence-electron chi connectivity index (χ4n) is 3.56. The van der Waals surface area contributed by atoms with Crippen molar-refractivity contribution in [2.75, 3.05) is 18.5 Å². The van der Waals surface area contributed by atoms with Crippen molar-refractivity contribution < 1.29 is 27.5 Å². The number of carbonyl (C=O) groups is 2. The van der Waals surface area contributed by atoms with Crippen molar-refractivity contribution in [2.45, 2.75) is 24.7 Å². The second-order valence-corrected chi connectivity index (χ2v) is 8.44. The molecule has 9 nitrogen and oxygen atoms in total. The topological polar surface area (TPSA) is 118 Å².